The number of aliphatic imine (C=N–C) groups is 1. The average molecular weight is 492 g/mol. The molecule has 0 amide bonds. The highest BCUT2D eigenvalue weighted by atomic mass is 35.5. The third-order valence-electron chi connectivity index (χ3n) is 3.53. The molecule has 0 saturated heterocycles. The Labute approximate surface area is 193 Å². The maximum absolute atomic E-state index is 5.51. The second kappa shape index (κ2) is 17.1. The maximum Gasteiger partial charge on any atom is 0.205 e. The van der Waals surface area contributed by atoms with Gasteiger partial charge in [0, 0.05) is 40.9 Å². The number of hydrazine groups is 1. The summed E-state index contributed by atoms with van der Waals surface area (Å²) in [4.78, 5) is 19.2. The van der Waals surface area contributed by atoms with Crippen LogP contribution in [0.1, 0.15) is 22.8 Å². The Hall–Kier alpha value is -0.780. The third kappa shape index (κ3) is 10.7. The van der Waals surface area contributed by atoms with Gasteiger partial charge in [-0.3, -0.25) is 10.4 Å². The molecule has 0 aromatic carbocycles. The van der Waals surface area contributed by atoms with Crippen molar-refractivity contribution in [2.75, 3.05) is 24.6 Å². The van der Waals surface area contributed by atoms with E-state index in [2.05, 4.69) is 35.7 Å². The van der Waals surface area contributed by atoms with E-state index in [4.69, 9.17) is 5.84 Å². The number of H-pyrrole nitrogens is 2. The van der Waals surface area contributed by atoms with Crippen molar-refractivity contribution in [3.05, 3.63) is 35.4 Å². The molecule has 2 heterocycles. The summed E-state index contributed by atoms with van der Waals surface area (Å²) in [7, 11) is 0. The van der Waals surface area contributed by atoms with Gasteiger partial charge in [0.05, 0.1) is 30.6 Å². The van der Waals surface area contributed by atoms with E-state index in [0.717, 1.165) is 52.3 Å². The Morgan fingerprint density at radius 3 is 2.00 bits per heavy atom. The van der Waals surface area contributed by atoms with Crippen molar-refractivity contribution in [2.24, 2.45) is 10.8 Å². The first-order valence-corrected chi connectivity index (χ1v) is 10.4. The quantitative estimate of drug-likeness (QED) is 0.114. The van der Waals surface area contributed by atoms with E-state index >= 15 is 0 Å². The van der Waals surface area contributed by atoms with Gasteiger partial charge in [0.1, 0.15) is 0 Å². The van der Waals surface area contributed by atoms with Crippen LogP contribution in [0.4, 0.5) is 0 Å². The number of thioether (sulfide) groups is 2. The Bertz CT molecular complexity index is 665. The molecule has 0 radical (unpaired) electrons. The number of hydrogen-bond donors (Lipinski definition) is 5. The molecule has 0 unspecified atom stereocenters. The molecule has 0 aliphatic rings. The SMILES string of the molecule is Cc1[nH]cnc1CSCCN=C(NN)NCCSCc1nc[nH]c1C.Cl.Cl.Cl. The summed E-state index contributed by atoms with van der Waals surface area (Å²) in [5, 5.41) is 3.22. The summed E-state index contributed by atoms with van der Waals surface area (Å²) < 4.78 is 0. The molecule has 0 spiro atoms. The van der Waals surface area contributed by atoms with E-state index in [1.54, 1.807) is 12.7 Å². The van der Waals surface area contributed by atoms with Gasteiger partial charge in [-0.2, -0.15) is 23.5 Å². The fourth-order valence-corrected chi connectivity index (χ4v) is 3.74. The van der Waals surface area contributed by atoms with Crippen LogP contribution in [-0.2, 0) is 11.5 Å². The Morgan fingerprint density at radius 1 is 1.00 bits per heavy atom. The minimum atomic E-state index is 0. The number of hydrogen-bond acceptors (Lipinski definition) is 6. The number of nitrogens with one attached hydrogen (secondary N) is 4. The van der Waals surface area contributed by atoms with Gasteiger partial charge in [-0.25, -0.2) is 15.8 Å². The lowest BCUT2D eigenvalue weighted by molar-refractivity contribution is 0.864. The van der Waals surface area contributed by atoms with Crippen LogP contribution in [0.5, 0.6) is 0 Å². The molecule has 2 rings (SSSR count). The zero-order chi connectivity index (χ0) is 17.9. The first-order chi connectivity index (χ1) is 12.2. The molecule has 2 aromatic heterocycles. The zero-order valence-electron chi connectivity index (χ0n) is 15.9. The topological polar surface area (TPSA) is 120 Å². The number of aryl methyl sites for hydroxylation is 2. The zero-order valence-corrected chi connectivity index (χ0v) is 19.9. The first kappa shape index (κ1) is 29.4. The molecule has 2 aromatic rings. The summed E-state index contributed by atoms with van der Waals surface area (Å²) in [6.07, 6.45) is 3.47. The fourth-order valence-electron chi connectivity index (χ4n) is 2.02. The number of guanidine groups is 1. The van der Waals surface area contributed by atoms with Gasteiger partial charge in [0.25, 0.3) is 0 Å². The third-order valence-corrected chi connectivity index (χ3v) is 5.45. The average Bonchev–Trinajstić information content (AvgIpc) is 3.21. The summed E-state index contributed by atoms with van der Waals surface area (Å²) >= 11 is 3.64. The number of nitrogens with two attached hydrogens (primary N) is 1. The standard InChI is InChI=1S/C15H26N8S2.3ClH/c1-11-13(21-9-19-11)7-24-5-3-17-15(23-16)18-4-6-25-8-14-12(2)20-10-22-14;;;/h9-10H,3-8,16H2,1-2H3,(H,19,21)(H,20,22)(H2,17,18,23);3*1H. The normalized spacial score (nSPS) is 10.5. The van der Waals surface area contributed by atoms with Gasteiger partial charge in [0.2, 0.25) is 5.96 Å². The van der Waals surface area contributed by atoms with Crippen molar-refractivity contribution < 1.29 is 0 Å². The number of halogens is 3. The minimum absolute atomic E-state index is 0. The van der Waals surface area contributed by atoms with E-state index in [1.165, 1.54) is 0 Å². The van der Waals surface area contributed by atoms with Gasteiger partial charge in [-0.1, -0.05) is 0 Å². The van der Waals surface area contributed by atoms with Crippen LogP contribution in [-0.4, -0.2) is 50.5 Å². The summed E-state index contributed by atoms with van der Waals surface area (Å²) in [5.74, 6) is 9.83. The van der Waals surface area contributed by atoms with Crippen molar-refractivity contribution in [3.63, 3.8) is 0 Å². The molecule has 0 aliphatic carbocycles. The number of rotatable bonds is 10. The number of aromatic amines is 2. The van der Waals surface area contributed by atoms with Gasteiger partial charge in [-0.15, -0.1) is 37.2 Å². The second-order valence-corrected chi connectivity index (χ2v) is 7.57. The van der Waals surface area contributed by atoms with Crippen LogP contribution in [0.25, 0.3) is 0 Å². The lowest BCUT2D eigenvalue weighted by atomic mass is 10.4. The number of nitrogens with zero attached hydrogens (tertiary/aromatic N) is 3. The van der Waals surface area contributed by atoms with E-state index < -0.39 is 0 Å². The molecule has 0 atom stereocenters. The molecule has 13 heteroatoms. The lowest BCUT2D eigenvalue weighted by Gasteiger charge is -2.09. The maximum atomic E-state index is 5.51. The van der Waals surface area contributed by atoms with E-state index in [0.29, 0.717) is 12.5 Å². The van der Waals surface area contributed by atoms with E-state index in [9.17, 15) is 0 Å². The predicted molar refractivity (Wildman–Crippen MR) is 128 cm³/mol. The van der Waals surface area contributed by atoms with Crippen LogP contribution < -0.4 is 16.6 Å². The molecule has 0 bridgehead atoms. The molecular formula is C15H29Cl3N8S2. The first-order valence-electron chi connectivity index (χ1n) is 8.08. The second-order valence-electron chi connectivity index (χ2n) is 5.36. The van der Waals surface area contributed by atoms with Crippen molar-refractivity contribution >= 4 is 66.7 Å². The molecule has 0 aliphatic heterocycles. The lowest BCUT2D eigenvalue weighted by Crippen LogP contribution is -2.42. The summed E-state index contributed by atoms with van der Waals surface area (Å²) in [6.45, 7) is 5.58. The molecular weight excluding hydrogens is 463 g/mol. The number of imidazole rings is 2. The summed E-state index contributed by atoms with van der Waals surface area (Å²) in [5.41, 5.74) is 7.09. The number of aromatic nitrogens is 4. The highest BCUT2D eigenvalue weighted by Crippen LogP contribution is 2.12. The Morgan fingerprint density at radius 2 is 1.54 bits per heavy atom. The Kier molecular flexibility index (Phi) is 18.0. The highest BCUT2D eigenvalue weighted by molar-refractivity contribution is 7.98. The van der Waals surface area contributed by atoms with Crippen LogP contribution in [0.15, 0.2) is 17.6 Å². The van der Waals surface area contributed by atoms with Crippen LogP contribution in [0.2, 0.25) is 0 Å². The monoisotopic (exact) mass is 490 g/mol. The van der Waals surface area contributed by atoms with Gasteiger partial charge < -0.3 is 15.3 Å². The van der Waals surface area contributed by atoms with Gasteiger partial charge in [-0.05, 0) is 13.8 Å². The molecule has 162 valence electrons. The van der Waals surface area contributed by atoms with Gasteiger partial charge >= 0.3 is 0 Å². The van der Waals surface area contributed by atoms with Crippen molar-refractivity contribution in [1.82, 2.24) is 30.7 Å². The molecule has 0 saturated carbocycles. The van der Waals surface area contributed by atoms with Gasteiger partial charge in [0.15, 0.2) is 0 Å². The van der Waals surface area contributed by atoms with Crippen molar-refractivity contribution in [2.45, 2.75) is 25.4 Å². The fraction of sp³-hybridized carbons (Fsp3) is 0.533. The molecule has 6 N–H and O–H groups in total. The van der Waals surface area contributed by atoms with Crippen LogP contribution in [0, 0.1) is 13.8 Å². The van der Waals surface area contributed by atoms with Crippen LogP contribution in [0.3, 0.4) is 0 Å². The smallest absolute Gasteiger partial charge is 0.205 e. The predicted octanol–water partition coefficient (Wildman–Crippen LogP) is 2.59. The highest BCUT2D eigenvalue weighted by Gasteiger charge is 2.02. The van der Waals surface area contributed by atoms with Crippen molar-refractivity contribution in [1.29, 1.82) is 0 Å². The van der Waals surface area contributed by atoms with E-state index in [1.807, 2.05) is 37.4 Å². The minimum Gasteiger partial charge on any atom is -0.355 e. The van der Waals surface area contributed by atoms with Crippen molar-refractivity contribution in [3.8, 4) is 0 Å². The molecule has 28 heavy (non-hydrogen) atoms. The largest absolute Gasteiger partial charge is 0.355 e. The Balaban J connectivity index is 0. The van der Waals surface area contributed by atoms with E-state index in [-0.39, 0.29) is 37.2 Å². The molecule has 0 fully saturated rings. The summed E-state index contributed by atoms with van der Waals surface area (Å²) in [6, 6.07) is 0. The molecule has 8 nitrogen and oxygen atoms in total. The van der Waals surface area contributed by atoms with Crippen LogP contribution >= 0.6 is 60.7 Å².